The van der Waals surface area contributed by atoms with Gasteiger partial charge in [0.15, 0.2) is 0 Å². The summed E-state index contributed by atoms with van der Waals surface area (Å²) >= 11 is 0. The summed E-state index contributed by atoms with van der Waals surface area (Å²) in [7, 11) is 1.41. The summed E-state index contributed by atoms with van der Waals surface area (Å²) in [5.41, 5.74) is -1.88. The molecule has 0 radical (unpaired) electrons. The van der Waals surface area contributed by atoms with Crippen LogP contribution < -0.4 is 11.2 Å². The van der Waals surface area contributed by atoms with Gasteiger partial charge >= 0.3 is 16.9 Å². The lowest BCUT2D eigenvalue weighted by molar-refractivity contribution is -0.386. The Kier molecular flexibility index (Phi) is 6.75. The van der Waals surface area contributed by atoms with Crippen molar-refractivity contribution < 1.29 is 14.1 Å². The fraction of sp³-hybridized carbons (Fsp3) is 0.350. The van der Waals surface area contributed by atoms with Crippen LogP contribution in [0.1, 0.15) is 18.9 Å². The monoisotopic (exact) mass is 431 g/mol. The second-order valence-corrected chi connectivity index (χ2v) is 6.86. The number of benzene rings is 1. The Bertz CT molecular complexity index is 1210. The van der Waals surface area contributed by atoms with E-state index in [-0.39, 0.29) is 37.5 Å². The molecule has 0 fully saturated rings. The molecule has 2 heterocycles. The molecule has 10 nitrogen and oxygen atoms in total. The predicted octanol–water partition coefficient (Wildman–Crippen LogP) is 2.03. The number of methoxy groups -OCH3 is 1. The van der Waals surface area contributed by atoms with Gasteiger partial charge in [-0.25, -0.2) is 9.18 Å². The van der Waals surface area contributed by atoms with Crippen LogP contribution in [0.25, 0.3) is 11.3 Å². The normalized spacial score (nSPS) is 11.1. The molecule has 164 valence electrons. The van der Waals surface area contributed by atoms with Gasteiger partial charge in [-0.2, -0.15) is 5.10 Å². The third-order valence-corrected chi connectivity index (χ3v) is 4.75. The second-order valence-electron chi connectivity index (χ2n) is 6.86. The SMILES string of the molecule is CCCn1c(-c2cnn(Cc3ccccc3F)c2)c([N+](=O)[O-])c(=O)n(CCOC)c1=O. The molecular formula is C20H22FN5O5. The first-order valence-electron chi connectivity index (χ1n) is 9.66. The van der Waals surface area contributed by atoms with Crippen molar-refractivity contribution in [3.8, 4) is 11.3 Å². The van der Waals surface area contributed by atoms with Gasteiger partial charge in [-0.3, -0.25) is 28.7 Å². The van der Waals surface area contributed by atoms with Gasteiger partial charge in [-0.05, 0) is 12.5 Å². The molecule has 3 rings (SSSR count). The van der Waals surface area contributed by atoms with E-state index >= 15 is 0 Å². The number of nitro groups is 1. The molecule has 0 atom stereocenters. The molecule has 0 amide bonds. The second kappa shape index (κ2) is 9.47. The molecule has 0 saturated heterocycles. The highest BCUT2D eigenvalue weighted by Gasteiger charge is 2.29. The molecule has 0 N–H and O–H groups in total. The molecule has 31 heavy (non-hydrogen) atoms. The maximum Gasteiger partial charge on any atom is 0.358 e. The maximum atomic E-state index is 14.0. The van der Waals surface area contributed by atoms with E-state index in [0.29, 0.717) is 12.0 Å². The molecule has 0 spiro atoms. The highest BCUT2D eigenvalue weighted by Crippen LogP contribution is 2.26. The van der Waals surface area contributed by atoms with Gasteiger partial charge in [-0.15, -0.1) is 0 Å². The van der Waals surface area contributed by atoms with Crippen molar-refractivity contribution in [3.05, 3.63) is 79.0 Å². The molecule has 2 aromatic heterocycles. The van der Waals surface area contributed by atoms with Crippen LogP contribution in [0.5, 0.6) is 0 Å². The Morgan fingerprint density at radius 3 is 2.58 bits per heavy atom. The predicted molar refractivity (Wildman–Crippen MR) is 111 cm³/mol. The standard InChI is InChI=1S/C20H22FN5O5/c1-3-8-24-17(18(26(29)30)19(27)25(20(24)28)9-10-31-2)15-11-22-23(13-15)12-14-6-4-5-7-16(14)21/h4-7,11,13H,3,8-10,12H2,1-2H3. The molecule has 0 bridgehead atoms. The van der Waals surface area contributed by atoms with Crippen LogP contribution in [0, 0.1) is 15.9 Å². The lowest BCUT2D eigenvalue weighted by atomic mass is 10.2. The van der Waals surface area contributed by atoms with E-state index in [9.17, 15) is 24.1 Å². The van der Waals surface area contributed by atoms with Crippen molar-refractivity contribution in [2.24, 2.45) is 0 Å². The largest absolute Gasteiger partial charge is 0.383 e. The van der Waals surface area contributed by atoms with E-state index in [2.05, 4.69) is 5.10 Å². The minimum Gasteiger partial charge on any atom is -0.383 e. The summed E-state index contributed by atoms with van der Waals surface area (Å²) in [4.78, 5) is 36.8. The molecule has 0 saturated carbocycles. The number of ether oxygens (including phenoxy) is 1. The fourth-order valence-electron chi connectivity index (χ4n) is 3.33. The Balaban J connectivity index is 2.17. The van der Waals surface area contributed by atoms with Crippen LogP contribution in [0.3, 0.4) is 0 Å². The van der Waals surface area contributed by atoms with Crippen molar-refractivity contribution in [2.75, 3.05) is 13.7 Å². The van der Waals surface area contributed by atoms with Gasteiger partial charge < -0.3 is 4.74 Å². The minimum atomic E-state index is -1.00. The number of aromatic nitrogens is 4. The molecule has 0 aliphatic heterocycles. The highest BCUT2D eigenvalue weighted by atomic mass is 19.1. The van der Waals surface area contributed by atoms with Gasteiger partial charge in [0, 0.05) is 31.0 Å². The fourth-order valence-corrected chi connectivity index (χ4v) is 3.33. The summed E-state index contributed by atoms with van der Waals surface area (Å²) in [6, 6.07) is 6.18. The lowest BCUT2D eigenvalue weighted by Crippen LogP contribution is -2.42. The Morgan fingerprint density at radius 2 is 1.94 bits per heavy atom. The first kappa shape index (κ1) is 22.1. The summed E-state index contributed by atoms with van der Waals surface area (Å²) in [6.45, 7) is 2.02. The van der Waals surface area contributed by atoms with Gasteiger partial charge in [0.05, 0.1) is 30.8 Å². The van der Waals surface area contributed by atoms with E-state index < -0.39 is 27.7 Å². The van der Waals surface area contributed by atoms with Crippen LogP contribution in [-0.2, 0) is 24.4 Å². The van der Waals surface area contributed by atoms with Crippen molar-refractivity contribution >= 4 is 5.69 Å². The van der Waals surface area contributed by atoms with Gasteiger partial charge in [-0.1, -0.05) is 25.1 Å². The van der Waals surface area contributed by atoms with Gasteiger partial charge in [0.2, 0.25) is 0 Å². The minimum absolute atomic E-state index is 0.0539. The zero-order chi connectivity index (χ0) is 22.5. The summed E-state index contributed by atoms with van der Waals surface area (Å²) in [6.07, 6.45) is 3.29. The summed E-state index contributed by atoms with van der Waals surface area (Å²) in [5.74, 6) is -0.408. The van der Waals surface area contributed by atoms with Crippen molar-refractivity contribution in [1.82, 2.24) is 18.9 Å². The molecular weight excluding hydrogens is 409 g/mol. The third kappa shape index (κ3) is 4.45. The highest BCUT2D eigenvalue weighted by molar-refractivity contribution is 5.68. The third-order valence-electron chi connectivity index (χ3n) is 4.75. The van der Waals surface area contributed by atoms with Crippen LogP contribution in [-0.4, -0.2) is 37.6 Å². The van der Waals surface area contributed by atoms with Crippen LogP contribution in [0.2, 0.25) is 0 Å². The quantitative estimate of drug-likeness (QED) is 0.378. The summed E-state index contributed by atoms with van der Waals surface area (Å²) < 4.78 is 22.3. The van der Waals surface area contributed by atoms with Gasteiger partial charge in [0.1, 0.15) is 11.5 Å². The molecule has 11 heteroatoms. The Hall–Kier alpha value is -3.60. The number of hydrogen-bond acceptors (Lipinski definition) is 6. The topological polar surface area (TPSA) is 114 Å². The van der Waals surface area contributed by atoms with Crippen molar-refractivity contribution in [3.63, 3.8) is 0 Å². The molecule has 1 aromatic carbocycles. The van der Waals surface area contributed by atoms with E-state index in [1.54, 1.807) is 18.2 Å². The number of hydrogen-bond donors (Lipinski definition) is 0. The first-order chi connectivity index (χ1) is 14.9. The average molecular weight is 431 g/mol. The lowest BCUT2D eigenvalue weighted by Gasteiger charge is -2.14. The first-order valence-corrected chi connectivity index (χ1v) is 9.66. The van der Waals surface area contributed by atoms with E-state index in [1.807, 2.05) is 6.92 Å². The molecule has 0 aliphatic carbocycles. The zero-order valence-electron chi connectivity index (χ0n) is 17.2. The average Bonchev–Trinajstić information content (AvgIpc) is 3.19. The molecule has 0 unspecified atom stereocenters. The Labute approximate surface area is 176 Å². The van der Waals surface area contributed by atoms with Crippen molar-refractivity contribution in [1.29, 1.82) is 0 Å². The van der Waals surface area contributed by atoms with Crippen molar-refractivity contribution in [2.45, 2.75) is 33.0 Å². The maximum absolute atomic E-state index is 14.0. The van der Waals surface area contributed by atoms with E-state index in [4.69, 9.17) is 4.74 Å². The van der Waals surface area contributed by atoms with Crippen LogP contribution >= 0.6 is 0 Å². The van der Waals surface area contributed by atoms with E-state index in [0.717, 1.165) is 4.57 Å². The zero-order valence-corrected chi connectivity index (χ0v) is 17.2. The number of nitrogens with zero attached hydrogens (tertiary/aromatic N) is 5. The van der Waals surface area contributed by atoms with Crippen LogP contribution in [0.15, 0.2) is 46.2 Å². The smallest absolute Gasteiger partial charge is 0.358 e. The Morgan fingerprint density at radius 1 is 1.19 bits per heavy atom. The molecule has 0 aliphatic rings. The van der Waals surface area contributed by atoms with E-state index in [1.165, 1.54) is 34.8 Å². The van der Waals surface area contributed by atoms with Crippen LogP contribution in [0.4, 0.5) is 10.1 Å². The summed E-state index contributed by atoms with van der Waals surface area (Å²) in [5, 5.41) is 16.0. The number of halogens is 1. The molecule has 3 aromatic rings. The van der Waals surface area contributed by atoms with Gasteiger partial charge in [0.25, 0.3) is 0 Å². The number of rotatable bonds is 9.